The van der Waals surface area contributed by atoms with Gasteiger partial charge in [0.2, 0.25) is 17.6 Å². The van der Waals surface area contributed by atoms with Crippen molar-refractivity contribution in [2.45, 2.75) is 25.2 Å². The molecule has 3 aromatic rings. The third kappa shape index (κ3) is 4.27. The highest BCUT2D eigenvalue weighted by Gasteiger charge is 2.34. The summed E-state index contributed by atoms with van der Waals surface area (Å²) in [5.74, 6) is 1.24. The number of carbonyl (C=O) groups excluding carboxylic acids is 1. The lowest BCUT2D eigenvalue weighted by Gasteiger charge is -2.15. The summed E-state index contributed by atoms with van der Waals surface area (Å²) < 4.78 is 6.42. The Morgan fingerprint density at radius 2 is 2.00 bits per heavy atom. The van der Waals surface area contributed by atoms with Crippen LogP contribution in [0.3, 0.4) is 0 Å². The maximum atomic E-state index is 12.4. The van der Waals surface area contributed by atoms with Crippen molar-refractivity contribution in [3.05, 3.63) is 70.5 Å². The fourth-order valence-electron chi connectivity index (χ4n) is 3.42. The molecule has 138 valence electrons. The third-order valence-electron chi connectivity index (χ3n) is 4.82. The molecule has 5 nitrogen and oxygen atoms in total. The van der Waals surface area contributed by atoms with Crippen LogP contribution in [0, 0.1) is 0 Å². The van der Waals surface area contributed by atoms with Crippen molar-refractivity contribution in [2.75, 3.05) is 13.1 Å². The smallest absolute Gasteiger partial charge is 0.232 e. The molecule has 1 fully saturated rings. The molecule has 1 unspecified atom stereocenters. The molecular weight excluding hydrogens is 406 g/mol. The SMILES string of the molecule is O=C1CC(c2nc(-c3cccc(Br)c3)no2)CN1CCCc1ccccc1. The topological polar surface area (TPSA) is 59.2 Å². The molecule has 1 aliphatic rings. The Labute approximate surface area is 166 Å². The number of hydrogen-bond donors (Lipinski definition) is 0. The molecule has 2 aromatic carbocycles. The number of aryl methyl sites for hydroxylation is 1. The first kappa shape index (κ1) is 17.9. The molecule has 0 bridgehead atoms. The molecule has 2 heterocycles. The molecule has 4 rings (SSSR count). The summed E-state index contributed by atoms with van der Waals surface area (Å²) in [6, 6.07) is 18.1. The Morgan fingerprint density at radius 3 is 2.81 bits per heavy atom. The van der Waals surface area contributed by atoms with Crippen molar-refractivity contribution in [3.8, 4) is 11.4 Å². The van der Waals surface area contributed by atoms with E-state index in [1.165, 1.54) is 5.56 Å². The van der Waals surface area contributed by atoms with E-state index in [0.29, 0.717) is 24.7 Å². The van der Waals surface area contributed by atoms with Gasteiger partial charge in [0.25, 0.3) is 0 Å². The highest BCUT2D eigenvalue weighted by Crippen LogP contribution is 2.29. The molecule has 1 aliphatic heterocycles. The largest absolute Gasteiger partial charge is 0.342 e. The quantitative estimate of drug-likeness (QED) is 0.585. The maximum absolute atomic E-state index is 12.4. The normalized spacial score (nSPS) is 16.9. The summed E-state index contributed by atoms with van der Waals surface area (Å²) in [5, 5.41) is 4.09. The van der Waals surface area contributed by atoms with Crippen LogP contribution in [0.1, 0.15) is 30.2 Å². The van der Waals surface area contributed by atoms with Gasteiger partial charge >= 0.3 is 0 Å². The summed E-state index contributed by atoms with van der Waals surface area (Å²) in [7, 11) is 0. The van der Waals surface area contributed by atoms with Gasteiger partial charge < -0.3 is 9.42 Å². The van der Waals surface area contributed by atoms with Crippen molar-refractivity contribution in [2.24, 2.45) is 0 Å². The van der Waals surface area contributed by atoms with Crippen molar-refractivity contribution in [1.82, 2.24) is 15.0 Å². The van der Waals surface area contributed by atoms with Crippen LogP contribution >= 0.6 is 15.9 Å². The highest BCUT2D eigenvalue weighted by atomic mass is 79.9. The van der Waals surface area contributed by atoms with Crippen LogP contribution in [-0.2, 0) is 11.2 Å². The molecule has 0 radical (unpaired) electrons. The van der Waals surface area contributed by atoms with Gasteiger partial charge in [-0.3, -0.25) is 4.79 Å². The second kappa shape index (κ2) is 8.05. The first-order chi connectivity index (χ1) is 13.2. The average Bonchev–Trinajstić information content (AvgIpc) is 3.30. The van der Waals surface area contributed by atoms with Crippen LogP contribution < -0.4 is 0 Å². The Morgan fingerprint density at radius 1 is 1.15 bits per heavy atom. The molecular formula is C21H20BrN3O2. The first-order valence-electron chi connectivity index (χ1n) is 9.10. The van der Waals surface area contributed by atoms with Gasteiger partial charge in [-0.15, -0.1) is 0 Å². The zero-order chi connectivity index (χ0) is 18.6. The van der Waals surface area contributed by atoms with Gasteiger partial charge in [-0.1, -0.05) is 63.6 Å². The lowest BCUT2D eigenvalue weighted by molar-refractivity contribution is -0.127. The number of nitrogens with zero attached hydrogens (tertiary/aromatic N) is 3. The van der Waals surface area contributed by atoms with Crippen LogP contribution in [0.4, 0.5) is 0 Å². The van der Waals surface area contributed by atoms with E-state index < -0.39 is 0 Å². The van der Waals surface area contributed by atoms with E-state index >= 15 is 0 Å². The molecule has 6 heteroatoms. The number of aromatic nitrogens is 2. The Balaban J connectivity index is 1.36. The highest BCUT2D eigenvalue weighted by molar-refractivity contribution is 9.10. The fraction of sp³-hybridized carbons (Fsp3) is 0.286. The van der Waals surface area contributed by atoms with E-state index in [-0.39, 0.29) is 11.8 Å². The monoisotopic (exact) mass is 425 g/mol. The van der Waals surface area contributed by atoms with Gasteiger partial charge in [0.1, 0.15) is 0 Å². The van der Waals surface area contributed by atoms with Gasteiger partial charge in [-0.25, -0.2) is 0 Å². The lowest BCUT2D eigenvalue weighted by atomic mass is 10.1. The number of likely N-dealkylation sites (tertiary alicyclic amines) is 1. The van der Waals surface area contributed by atoms with E-state index in [1.54, 1.807) is 0 Å². The van der Waals surface area contributed by atoms with E-state index in [1.807, 2.05) is 47.4 Å². The van der Waals surface area contributed by atoms with Crippen LogP contribution in [0.5, 0.6) is 0 Å². The Hall–Kier alpha value is -2.47. The predicted molar refractivity (Wildman–Crippen MR) is 106 cm³/mol. The number of halogens is 1. The van der Waals surface area contributed by atoms with E-state index in [0.717, 1.165) is 29.4 Å². The summed E-state index contributed by atoms with van der Waals surface area (Å²) in [4.78, 5) is 18.8. The second-order valence-electron chi connectivity index (χ2n) is 6.80. The van der Waals surface area contributed by atoms with Crippen molar-refractivity contribution in [1.29, 1.82) is 0 Å². The van der Waals surface area contributed by atoms with Crippen LogP contribution in [0.25, 0.3) is 11.4 Å². The minimum absolute atomic E-state index is 0.0253. The molecule has 1 saturated heterocycles. The zero-order valence-corrected chi connectivity index (χ0v) is 16.4. The standard InChI is InChI=1S/C21H20BrN3O2/c22-18-10-4-9-16(12-18)20-23-21(27-24-20)17-13-19(26)25(14-17)11-5-8-15-6-2-1-3-7-15/h1-4,6-7,9-10,12,17H,5,8,11,13-14H2. The molecule has 27 heavy (non-hydrogen) atoms. The molecule has 1 amide bonds. The van der Waals surface area contributed by atoms with Crippen LogP contribution in [-0.4, -0.2) is 34.0 Å². The van der Waals surface area contributed by atoms with Crippen molar-refractivity contribution in [3.63, 3.8) is 0 Å². The maximum Gasteiger partial charge on any atom is 0.232 e. The number of amides is 1. The summed E-state index contributed by atoms with van der Waals surface area (Å²) in [5.41, 5.74) is 2.19. The zero-order valence-electron chi connectivity index (χ0n) is 14.8. The second-order valence-corrected chi connectivity index (χ2v) is 7.71. The van der Waals surface area contributed by atoms with E-state index in [4.69, 9.17) is 4.52 Å². The minimum atomic E-state index is -0.0253. The third-order valence-corrected chi connectivity index (χ3v) is 5.32. The number of benzene rings is 2. The van der Waals surface area contributed by atoms with Gasteiger partial charge in [-0.2, -0.15) is 4.98 Å². The fourth-order valence-corrected chi connectivity index (χ4v) is 3.82. The molecule has 0 spiro atoms. The van der Waals surface area contributed by atoms with E-state index in [2.05, 4.69) is 38.2 Å². The van der Waals surface area contributed by atoms with Gasteiger partial charge in [0, 0.05) is 29.5 Å². The molecule has 1 aromatic heterocycles. The molecule has 0 N–H and O–H groups in total. The van der Waals surface area contributed by atoms with Gasteiger partial charge in [-0.05, 0) is 30.5 Å². The van der Waals surface area contributed by atoms with Crippen molar-refractivity contribution < 1.29 is 9.32 Å². The van der Waals surface area contributed by atoms with Gasteiger partial charge in [0.05, 0.1) is 5.92 Å². The number of rotatable bonds is 6. The molecule has 1 atom stereocenters. The predicted octanol–water partition coefficient (Wildman–Crippen LogP) is 4.45. The first-order valence-corrected chi connectivity index (χ1v) is 9.89. The number of hydrogen-bond acceptors (Lipinski definition) is 4. The summed E-state index contributed by atoms with van der Waals surface area (Å²) in [6.45, 7) is 1.41. The molecule has 0 aliphatic carbocycles. The molecule has 0 saturated carbocycles. The van der Waals surface area contributed by atoms with Crippen LogP contribution in [0.2, 0.25) is 0 Å². The van der Waals surface area contributed by atoms with E-state index in [9.17, 15) is 4.79 Å². The minimum Gasteiger partial charge on any atom is -0.342 e. The number of carbonyl (C=O) groups is 1. The van der Waals surface area contributed by atoms with Crippen molar-refractivity contribution >= 4 is 21.8 Å². The summed E-state index contributed by atoms with van der Waals surface area (Å²) >= 11 is 3.45. The lowest BCUT2D eigenvalue weighted by Crippen LogP contribution is -2.26. The Kier molecular flexibility index (Phi) is 5.34. The summed E-state index contributed by atoms with van der Waals surface area (Å²) in [6.07, 6.45) is 2.37. The van der Waals surface area contributed by atoms with Crippen LogP contribution in [0.15, 0.2) is 63.6 Å². The average molecular weight is 426 g/mol. The Bertz CT molecular complexity index is 926. The van der Waals surface area contributed by atoms with Gasteiger partial charge in [0.15, 0.2) is 0 Å².